The molecule has 1 aromatic heterocycles. The van der Waals surface area contributed by atoms with Crippen molar-refractivity contribution in [2.75, 3.05) is 19.5 Å². The summed E-state index contributed by atoms with van der Waals surface area (Å²) in [6.45, 7) is 0.339. The minimum absolute atomic E-state index is 0.0847. The summed E-state index contributed by atoms with van der Waals surface area (Å²) in [6.07, 6.45) is 1.06. The highest BCUT2D eigenvalue weighted by molar-refractivity contribution is 5.99. The number of rotatable bonds is 7. The largest absolute Gasteiger partial charge is 0.497 e. The summed E-state index contributed by atoms with van der Waals surface area (Å²) in [6, 6.07) is 15.2. The summed E-state index contributed by atoms with van der Waals surface area (Å²) in [5, 5.41) is 14.4. The SMILES string of the molecule is COc1ccc(CN2C(=O)c3cccnc3C2Nc2ccc([N+](=O)[O-])cc2OC)cc1. The first kappa shape index (κ1) is 20.1. The Morgan fingerprint density at radius 2 is 1.90 bits per heavy atom. The number of carbonyl (C=O) groups is 1. The normalized spacial score (nSPS) is 14.8. The second-order valence-electron chi connectivity index (χ2n) is 6.91. The molecule has 1 amide bonds. The maximum Gasteiger partial charge on any atom is 0.273 e. The standard InChI is InChI=1S/C22H20N4O5/c1-30-16-8-5-14(6-9-16)13-25-21(20-17(22(25)27)4-3-11-23-20)24-18-10-7-15(26(28)29)12-19(18)31-2/h3-12,21,24H,13H2,1-2H3. The molecule has 9 heteroatoms. The third-order valence-electron chi connectivity index (χ3n) is 5.10. The van der Waals surface area contributed by atoms with E-state index in [2.05, 4.69) is 10.3 Å². The van der Waals surface area contributed by atoms with Gasteiger partial charge in [-0.05, 0) is 35.9 Å². The number of nitro groups is 1. The molecule has 0 fully saturated rings. The Balaban J connectivity index is 1.68. The van der Waals surface area contributed by atoms with Gasteiger partial charge in [-0.2, -0.15) is 0 Å². The first-order valence-electron chi connectivity index (χ1n) is 9.49. The topological polar surface area (TPSA) is 107 Å². The number of carbonyl (C=O) groups excluding carboxylic acids is 1. The lowest BCUT2D eigenvalue weighted by Gasteiger charge is -2.27. The molecule has 1 aliphatic rings. The lowest BCUT2D eigenvalue weighted by molar-refractivity contribution is -0.384. The fourth-order valence-corrected chi connectivity index (χ4v) is 3.53. The summed E-state index contributed by atoms with van der Waals surface area (Å²) in [5.41, 5.74) is 2.45. The number of amides is 1. The van der Waals surface area contributed by atoms with Crippen molar-refractivity contribution in [3.8, 4) is 11.5 Å². The minimum Gasteiger partial charge on any atom is -0.497 e. The van der Waals surface area contributed by atoms with E-state index in [9.17, 15) is 14.9 Å². The van der Waals surface area contributed by atoms with E-state index in [0.717, 1.165) is 11.3 Å². The van der Waals surface area contributed by atoms with Crippen LogP contribution in [0, 0.1) is 10.1 Å². The Kier molecular flexibility index (Phi) is 5.40. The lowest BCUT2D eigenvalue weighted by Crippen LogP contribution is -2.32. The van der Waals surface area contributed by atoms with Crippen molar-refractivity contribution in [1.29, 1.82) is 0 Å². The van der Waals surface area contributed by atoms with Crippen molar-refractivity contribution >= 4 is 17.3 Å². The molecule has 4 rings (SSSR count). The van der Waals surface area contributed by atoms with Gasteiger partial charge in [-0.25, -0.2) is 0 Å². The van der Waals surface area contributed by atoms with E-state index >= 15 is 0 Å². The number of anilines is 1. The zero-order chi connectivity index (χ0) is 22.0. The lowest BCUT2D eigenvalue weighted by atomic mass is 10.2. The number of nitrogens with zero attached hydrogens (tertiary/aromatic N) is 3. The Morgan fingerprint density at radius 1 is 1.13 bits per heavy atom. The van der Waals surface area contributed by atoms with Crippen molar-refractivity contribution in [2.24, 2.45) is 0 Å². The van der Waals surface area contributed by atoms with E-state index < -0.39 is 11.1 Å². The van der Waals surface area contributed by atoms with Crippen molar-refractivity contribution in [2.45, 2.75) is 12.7 Å². The molecule has 2 heterocycles. The van der Waals surface area contributed by atoms with Crippen LogP contribution < -0.4 is 14.8 Å². The molecule has 3 aromatic rings. The first-order valence-corrected chi connectivity index (χ1v) is 9.49. The van der Waals surface area contributed by atoms with Crippen molar-refractivity contribution in [3.63, 3.8) is 0 Å². The van der Waals surface area contributed by atoms with E-state index in [-0.39, 0.29) is 11.6 Å². The van der Waals surface area contributed by atoms with Gasteiger partial charge in [0, 0.05) is 18.8 Å². The summed E-state index contributed by atoms with van der Waals surface area (Å²) < 4.78 is 10.5. The van der Waals surface area contributed by atoms with Crippen LogP contribution in [0.3, 0.4) is 0 Å². The van der Waals surface area contributed by atoms with Gasteiger partial charge in [0.05, 0.1) is 42.2 Å². The van der Waals surface area contributed by atoms with Gasteiger partial charge in [-0.3, -0.25) is 19.9 Å². The van der Waals surface area contributed by atoms with Gasteiger partial charge in [-0.1, -0.05) is 12.1 Å². The van der Waals surface area contributed by atoms with Crippen molar-refractivity contribution in [3.05, 3.63) is 87.7 Å². The zero-order valence-corrected chi connectivity index (χ0v) is 16.9. The van der Waals surface area contributed by atoms with Gasteiger partial charge < -0.3 is 19.7 Å². The highest BCUT2D eigenvalue weighted by Crippen LogP contribution is 2.37. The number of pyridine rings is 1. The van der Waals surface area contributed by atoms with Crippen LogP contribution in [0.5, 0.6) is 11.5 Å². The number of aromatic nitrogens is 1. The van der Waals surface area contributed by atoms with Gasteiger partial charge in [0.1, 0.15) is 17.7 Å². The number of nitrogens with one attached hydrogen (secondary N) is 1. The van der Waals surface area contributed by atoms with E-state index in [1.165, 1.54) is 19.2 Å². The maximum atomic E-state index is 13.1. The first-order chi connectivity index (χ1) is 15.0. The molecule has 2 aromatic carbocycles. The molecule has 158 valence electrons. The van der Waals surface area contributed by atoms with Crippen molar-refractivity contribution < 1.29 is 19.2 Å². The van der Waals surface area contributed by atoms with Gasteiger partial charge in [0.25, 0.3) is 11.6 Å². The number of nitro benzene ring substituents is 1. The Hall–Kier alpha value is -4.14. The second kappa shape index (κ2) is 8.31. The molecule has 31 heavy (non-hydrogen) atoms. The number of hydrogen-bond acceptors (Lipinski definition) is 7. The molecular formula is C22H20N4O5. The van der Waals surface area contributed by atoms with Crippen molar-refractivity contribution in [1.82, 2.24) is 9.88 Å². The Morgan fingerprint density at radius 3 is 2.58 bits per heavy atom. The third kappa shape index (κ3) is 3.85. The van der Waals surface area contributed by atoms with Crippen LogP contribution in [0.1, 0.15) is 27.8 Å². The average molecular weight is 420 g/mol. The third-order valence-corrected chi connectivity index (χ3v) is 5.10. The highest BCUT2D eigenvalue weighted by Gasteiger charge is 2.38. The molecule has 1 aliphatic heterocycles. The van der Waals surface area contributed by atoms with Gasteiger partial charge in [0.2, 0.25) is 0 Å². The van der Waals surface area contributed by atoms with Gasteiger partial charge >= 0.3 is 0 Å². The number of methoxy groups -OCH3 is 2. The summed E-state index contributed by atoms with van der Waals surface area (Å²) >= 11 is 0. The molecular weight excluding hydrogens is 400 g/mol. The molecule has 0 saturated heterocycles. The van der Waals surface area contributed by atoms with Crippen LogP contribution in [0.2, 0.25) is 0 Å². The Labute approximate surface area is 178 Å². The second-order valence-corrected chi connectivity index (χ2v) is 6.91. The van der Waals surface area contributed by atoms with Crippen LogP contribution in [-0.2, 0) is 6.54 Å². The number of fused-ring (bicyclic) bond motifs is 1. The van der Waals surface area contributed by atoms with Crippen LogP contribution in [0.15, 0.2) is 60.8 Å². The fraction of sp³-hybridized carbons (Fsp3) is 0.182. The molecule has 1 unspecified atom stereocenters. The van der Waals surface area contributed by atoms with E-state index in [0.29, 0.717) is 29.2 Å². The van der Waals surface area contributed by atoms with Crippen LogP contribution in [-0.4, -0.2) is 34.9 Å². The quantitative estimate of drug-likeness (QED) is 0.458. The monoisotopic (exact) mass is 420 g/mol. The summed E-state index contributed by atoms with van der Waals surface area (Å²) in [7, 11) is 3.03. The predicted molar refractivity (Wildman–Crippen MR) is 113 cm³/mol. The number of ether oxygens (including phenoxy) is 2. The van der Waals surface area contributed by atoms with Crippen LogP contribution in [0.25, 0.3) is 0 Å². The highest BCUT2D eigenvalue weighted by atomic mass is 16.6. The van der Waals surface area contributed by atoms with E-state index in [1.807, 2.05) is 24.3 Å². The molecule has 0 aliphatic carbocycles. The molecule has 1 atom stereocenters. The molecule has 1 N–H and O–H groups in total. The number of non-ortho nitro benzene ring substituents is 1. The molecule has 0 radical (unpaired) electrons. The maximum absolute atomic E-state index is 13.1. The van der Waals surface area contributed by atoms with Gasteiger partial charge in [0.15, 0.2) is 0 Å². The Bertz CT molecular complexity index is 1130. The van der Waals surface area contributed by atoms with Crippen LogP contribution >= 0.6 is 0 Å². The van der Waals surface area contributed by atoms with Gasteiger partial charge in [-0.15, -0.1) is 0 Å². The summed E-state index contributed by atoms with van der Waals surface area (Å²) in [5.74, 6) is 0.875. The molecule has 9 nitrogen and oxygen atoms in total. The van der Waals surface area contributed by atoms with E-state index in [1.54, 1.807) is 36.4 Å². The smallest absolute Gasteiger partial charge is 0.273 e. The zero-order valence-electron chi connectivity index (χ0n) is 16.9. The fourth-order valence-electron chi connectivity index (χ4n) is 3.53. The molecule has 0 spiro atoms. The van der Waals surface area contributed by atoms with Crippen LogP contribution in [0.4, 0.5) is 11.4 Å². The van der Waals surface area contributed by atoms with E-state index in [4.69, 9.17) is 9.47 Å². The molecule has 0 saturated carbocycles. The number of hydrogen-bond donors (Lipinski definition) is 1. The molecule has 0 bridgehead atoms. The summed E-state index contributed by atoms with van der Waals surface area (Å²) in [4.78, 5) is 29.8. The predicted octanol–water partition coefficient (Wildman–Crippen LogP) is 3.77. The minimum atomic E-state index is -0.568. The number of benzene rings is 2. The average Bonchev–Trinajstić information content (AvgIpc) is 3.05.